The van der Waals surface area contributed by atoms with Gasteiger partial charge in [0.2, 0.25) is 5.95 Å². The van der Waals surface area contributed by atoms with Gasteiger partial charge in [-0.05, 0) is 31.2 Å². The summed E-state index contributed by atoms with van der Waals surface area (Å²) in [5.74, 6) is -0.878. The van der Waals surface area contributed by atoms with Gasteiger partial charge in [-0.3, -0.25) is 4.79 Å². The first-order chi connectivity index (χ1) is 11.5. The zero-order valence-corrected chi connectivity index (χ0v) is 12.8. The summed E-state index contributed by atoms with van der Waals surface area (Å²) < 4.78 is 13.8. The Labute approximate surface area is 137 Å². The minimum atomic E-state index is -0.999. The molecule has 0 saturated heterocycles. The molecule has 24 heavy (non-hydrogen) atoms. The Morgan fingerprint density at radius 2 is 1.83 bits per heavy atom. The third kappa shape index (κ3) is 3.24. The zero-order chi connectivity index (χ0) is 17.1. The second kappa shape index (κ2) is 6.49. The van der Waals surface area contributed by atoms with Crippen molar-refractivity contribution in [2.45, 2.75) is 13.0 Å². The number of anilines is 3. The van der Waals surface area contributed by atoms with Crippen LogP contribution in [0.2, 0.25) is 0 Å². The van der Waals surface area contributed by atoms with E-state index in [4.69, 9.17) is 5.11 Å². The Morgan fingerprint density at radius 1 is 1.12 bits per heavy atom. The van der Waals surface area contributed by atoms with Gasteiger partial charge in [-0.1, -0.05) is 24.3 Å². The zero-order valence-electron chi connectivity index (χ0n) is 12.8. The number of carbonyl (C=O) groups is 1. The highest BCUT2D eigenvalue weighted by Crippen LogP contribution is 2.25. The Hall–Kier alpha value is -3.22. The maximum atomic E-state index is 13.8. The minimum Gasteiger partial charge on any atom is -0.480 e. The van der Waals surface area contributed by atoms with E-state index in [9.17, 15) is 9.18 Å². The van der Waals surface area contributed by atoms with E-state index in [1.165, 1.54) is 13.0 Å². The molecule has 0 aliphatic rings. The topological polar surface area (TPSA) is 87.1 Å². The standard InChI is InChI=1S/C17H15FN4O2/c1-10(16(23)24)19-15-11-6-2-4-8-13(11)20-17(22-15)21-14-9-5-3-7-12(14)18/h2-10H,1H3,(H,23,24)(H2,19,20,21,22). The van der Waals surface area contributed by atoms with Gasteiger partial charge in [0.05, 0.1) is 11.2 Å². The van der Waals surface area contributed by atoms with E-state index in [-0.39, 0.29) is 11.6 Å². The molecule has 3 N–H and O–H groups in total. The van der Waals surface area contributed by atoms with Crippen molar-refractivity contribution in [2.75, 3.05) is 10.6 Å². The maximum absolute atomic E-state index is 13.8. The molecule has 3 aromatic rings. The van der Waals surface area contributed by atoms with Crippen molar-refractivity contribution < 1.29 is 14.3 Å². The van der Waals surface area contributed by atoms with E-state index in [0.29, 0.717) is 16.7 Å². The molecule has 122 valence electrons. The molecule has 0 aliphatic heterocycles. The summed E-state index contributed by atoms with van der Waals surface area (Å²) in [6.07, 6.45) is 0. The van der Waals surface area contributed by atoms with Crippen LogP contribution in [0.5, 0.6) is 0 Å². The highest BCUT2D eigenvalue weighted by molar-refractivity contribution is 5.92. The molecule has 0 amide bonds. The highest BCUT2D eigenvalue weighted by Gasteiger charge is 2.15. The number of para-hydroxylation sites is 2. The predicted molar refractivity (Wildman–Crippen MR) is 89.9 cm³/mol. The lowest BCUT2D eigenvalue weighted by Crippen LogP contribution is -2.26. The lowest BCUT2D eigenvalue weighted by atomic mass is 10.2. The summed E-state index contributed by atoms with van der Waals surface area (Å²) in [4.78, 5) is 19.7. The number of benzene rings is 2. The Morgan fingerprint density at radius 3 is 2.58 bits per heavy atom. The van der Waals surface area contributed by atoms with Gasteiger partial charge < -0.3 is 15.7 Å². The van der Waals surface area contributed by atoms with Crippen LogP contribution < -0.4 is 10.6 Å². The fourth-order valence-corrected chi connectivity index (χ4v) is 2.19. The summed E-state index contributed by atoms with van der Waals surface area (Å²) in [5, 5.41) is 15.4. The second-order valence-corrected chi connectivity index (χ2v) is 5.22. The molecule has 3 rings (SSSR count). The first-order valence-corrected chi connectivity index (χ1v) is 7.32. The lowest BCUT2D eigenvalue weighted by Gasteiger charge is -2.14. The molecule has 1 heterocycles. The Bertz CT molecular complexity index is 901. The average Bonchev–Trinajstić information content (AvgIpc) is 2.57. The van der Waals surface area contributed by atoms with Crippen molar-refractivity contribution >= 4 is 34.3 Å². The number of hydrogen-bond donors (Lipinski definition) is 3. The molecule has 2 aromatic carbocycles. The van der Waals surface area contributed by atoms with Crippen LogP contribution in [0, 0.1) is 5.82 Å². The van der Waals surface area contributed by atoms with E-state index >= 15 is 0 Å². The molecule has 7 heteroatoms. The molecule has 0 spiro atoms. The van der Waals surface area contributed by atoms with Gasteiger partial charge in [-0.25, -0.2) is 9.37 Å². The number of aliphatic carboxylic acids is 1. The van der Waals surface area contributed by atoms with Crippen molar-refractivity contribution in [3.8, 4) is 0 Å². The molecule has 0 bridgehead atoms. The lowest BCUT2D eigenvalue weighted by molar-refractivity contribution is -0.137. The van der Waals surface area contributed by atoms with Crippen molar-refractivity contribution in [2.24, 2.45) is 0 Å². The fourth-order valence-electron chi connectivity index (χ4n) is 2.19. The summed E-state index contributed by atoms with van der Waals surface area (Å²) in [6, 6.07) is 12.5. The molecule has 1 aromatic heterocycles. The quantitative estimate of drug-likeness (QED) is 0.666. The van der Waals surface area contributed by atoms with Crippen LogP contribution in [0.1, 0.15) is 6.92 Å². The maximum Gasteiger partial charge on any atom is 0.325 e. The van der Waals surface area contributed by atoms with Gasteiger partial charge in [0.1, 0.15) is 17.7 Å². The van der Waals surface area contributed by atoms with Crippen molar-refractivity contribution in [3.63, 3.8) is 0 Å². The van der Waals surface area contributed by atoms with Crippen LogP contribution in [-0.4, -0.2) is 27.1 Å². The van der Waals surface area contributed by atoms with E-state index in [1.807, 2.05) is 12.1 Å². The Balaban J connectivity index is 2.03. The van der Waals surface area contributed by atoms with Crippen LogP contribution in [0.3, 0.4) is 0 Å². The molecule has 1 atom stereocenters. The first kappa shape index (κ1) is 15.7. The summed E-state index contributed by atoms with van der Waals surface area (Å²) in [7, 11) is 0. The molecule has 0 aliphatic carbocycles. The van der Waals surface area contributed by atoms with Crippen molar-refractivity contribution in [1.82, 2.24) is 9.97 Å². The van der Waals surface area contributed by atoms with Crippen molar-refractivity contribution in [1.29, 1.82) is 0 Å². The van der Waals surface area contributed by atoms with Crippen LogP contribution in [0.4, 0.5) is 21.8 Å². The number of carboxylic acid groups (broad SMARTS) is 1. The third-order valence-corrected chi connectivity index (χ3v) is 3.45. The van der Waals surface area contributed by atoms with Gasteiger partial charge in [0, 0.05) is 5.39 Å². The highest BCUT2D eigenvalue weighted by atomic mass is 19.1. The molecule has 6 nitrogen and oxygen atoms in total. The van der Waals surface area contributed by atoms with E-state index in [1.54, 1.807) is 30.3 Å². The number of halogens is 1. The summed E-state index contributed by atoms with van der Waals surface area (Å²) >= 11 is 0. The molecule has 0 fully saturated rings. The largest absolute Gasteiger partial charge is 0.480 e. The number of aromatic nitrogens is 2. The predicted octanol–water partition coefficient (Wildman–Crippen LogP) is 3.40. The van der Waals surface area contributed by atoms with E-state index < -0.39 is 17.8 Å². The monoisotopic (exact) mass is 326 g/mol. The molecule has 0 radical (unpaired) electrons. The SMILES string of the molecule is CC(Nc1nc(Nc2ccccc2F)nc2ccccc12)C(=O)O. The van der Waals surface area contributed by atoms with Crippen LogP contribution in [-0.2, 0) is 4.79 Å². The third-order valence-electron chi connectivity index (χ3n) is 3.45. The summed E-state index contributed by atoms with van der Waals surface area (Å²) in [6.45, 7) is 1.52. The molecule has 1 unspecified atom stereocenters. The van der Waals surface area contributed by atoms with Gasteiger partial charge in [-0.15, -0.1) is 0 Å². The number of nitrogens with one attached hydrogen (secondary N) is 2. The van der Waals surface area contributed by atoms with E-state index in [2.05, 4.69) is 20.6 Å². The normalized spacial score (nSPS) is 11.9. The second-order valence-electron chi connectivity index (χ2n) is 5.22. The summed E-state index contributed by atoms with van der Waals surface area (Å²) in [5.41, 5.74) is 0.858. The van der Waals surface area contributed by atoms with Gasteiger partial charge in [-0.2, -0.15) is 4.98 Å². The van der Waals surface area contributed by atoms with Crippen LogP contribution >= 0.6 is 0 Å². The number of hydrogen-bond acceptors (Lipinski definition) is 5. The number of rotatable bonds is 5. The van der Waals surface area contributed by atoms with Gasteiger partial charge in [0.15, 0.2) is 0 Å². The average molecular weight is 326 g/mol. The van der Waals surface area contributed by atoms with E-state index in [0.717, 1.165) is 0 Å². The van der Waals surface area contributed by atoms with Gasteiger partial charge in [0.25, 0.3) is 0 Å². The van der Waals surface area contributed by atoms with Crippen LogP contribution in [0.25, 0.3) is 10.9 Å². The number of nitrogens with zero attached hydrogens (tertiary/aromatic N) is 2. The van der Waals surface area contributed by atoms with Gasteiger partial charge >= 0.3 is 5.97 Å². The van der Waals surface area contributed by atoms with Crippen molar-refractivity contribution in [3.05, 3.63) is 54.3 Å². The Kier molecular flexibility index (Phi) is 4.24. The molecular formula is C17H15FN4O2. The smallest absolute Gasteiger partial charge is 0.325 e. The molecular weight excluding hydrogens is 311 g/mol. The number of carboxylic acids is 1. The van der Waals surface area contributed by atoms with Crippen LogP contribution in [0.15, 0.2) is 48.5 Å². The molecule has 0 saturated carbocycles. The first-order valence-electron chi connectivity index (χ1n) is 7.32. The minimum absolute atomic E-state index is 0.180. The fraction of sp³-hybridized carbons (Fsp3) is 0.118. The number of fused-ring (bicyclic) bond motifs is 1.